The van der Waals surface area contributed by atoms with E-state index >= 15 is 0 Å². The highest BCUT2D eigenvalue weighted by atomic mass is 16.3. The van der Waals surface area contributed by atoms with Gasteiger partial charge in [0.1, 0.15) is 5.76 Å². The highest BCUT2D eigenvalue weighted by molar-refractivity contribution is 5.67. The summed E-state index contributed by atoms with van der Waals surface area (Å²) in [5.41, 5.74) is 1.47. The summed E-state index contributed by atoms with van der Waals surface area (Å²) in [6.07, 6.45) is 4.86. The Balaban J connectivity index is 3.22. The van der Waals surface area contributed by atoms with Crippen LogP contribution in [0.5, 0.6) is 0 Å². The van der Waals surface area contributed by atoms with Crippen LogP contribution in [0, 0.1) is 0 Å². The number of pyridine rings is 1. The molecule has 1 rings (SSSR count). The Kier molecular flexibility index (Phi) is 2.06. The fraction of sp³-hybridized carbons (Fsp3) is 0. The van der Waals surface area contributed by atoms with Crippen LogP contribution in [0.3, 0.4) is 0 Å². The first-order chi connectivity index (χ1) is 5.25. The average molecular weight is 147 g/mol. The zero-order valence-corrected chi connectivity index (χ0v) is 6.12. The van der Waals surface area contributed by atoms with Gasteiger partial charge in [-0.2, -0.15) is 0 Å². The molecule has 0 aliphatic heterocycles. The van der Waals surface area contributed by atoms with Gasteiger partial charge >= 0.3 is 0 Å². The highest BCUT2D eigenvalue weighted by Gasteiger charge is 1.99. The molecule has 0 saturated heterocycles. The third-order valence-corrected chi connectivity index (χ3v) is 1.38. The van der Waals surface area contributed by atoms with E-state index in [1.165, 1.54) is 0 Å². The van der Waals surface area contributed by atoms with E-state index in [4.69, 9.17) is 5.11 Å². The molecular weight excluding hydrogens is 138 g/mol. The van der Waals surface area contributed by atoms with E-state index in [0.29, 0.717) is 5.56 Å². The van der Waals surface area contributed by atoms with Gasteiger partial charge in [-0.1, -0.05) is 19.2 Å². The predicted molar refractivity (Wildman–Crippen MR) is 46.0 cm³/mol. The molecule has 2 nitrogen and oxygen atoms in total. The lowest BCUT2D eigenvalue weighted by Gasteiger charge is -2.00. The van der Waals surface area contributed by atoms with Gasteiger partial charge in [0, 0.05) is 23.5 Å². The van der Waals surface area contributed by atoms with Crippen molar-refractivity contribution in [3.63, 3.8) is 0 Å². The van der Waals surface area contributed by atoms with E-state index in [9.17, 15) is 0 Å². The Morgan fingerprint density at radius 1 is 1.64 bits per heavy atom. The van der Waals surface area contributed by atoms with Gasteiger partial charge in [0.05, 0.1) is 0 Å². The zero-order valence-electron chi connectivity index (χ0n) is 6.12. The zero-order chi connectivity index (χ0) is 8.27. The third kappa shape index (κ3) is 1.46. The van der Waals surface area contributed by atoms with Gasteiger partial charge in [0.2, 0.25) is 0 Å². The summed E-state index contributed by atoms with van der Waals surface area (Å²) in [4.78, 5) is 3.88. The van der Waals surface area contributed by atoms with E-state index in [0.717, 1.165) is 5.56 Å². The van der Waals surface area contributed by atoms with Gasteiger partial charge in [0.25, 0.3) is 0 Å². The van der Waals surface area contributed by atoms with E-state index in [1.807, 2.05) is 0 Å². The van der Waals surface area contributed by atoms with Crippen LogP contribution in [0.2, 0.25) is 0 Å². The molecule has 0 aromatic carbocycles. The summed E-state index contributed by atoms with van der Waals surface area (Å²) in [7, 11) is 0. The second-order valence-corrected chi connectivity index (χ2v) is 2.11. The third-order valence-electron chi connectivity index (χ3n) is 1.38. The lowest BCUT2D eigenvalue weighted by Crippen LogP contribution is -1.86. The molecule has 0 unspecified atom stereocenters. The number of rotatable bonds is 2. The summed E-state index contributed by atoms with van der Waals surface area (Å²) in [5.74, 6) is 0.0438. The first-order valence-electron chi connectivity index (χ1n) is 3.20. The van der Waals surface area contributed by atoms with Crippen molar-refractivity contribution in [2.45, 2.75) is 0 Å². The Bertz CT molecular complexity index is 291. The number of hydrogen-bond acceptors (Lipinski definition) is 2. The molecule has 1 aromatic heterocycles. The Labute approximate surface area is 65.5 Å². The standard InChI is InChI=1S/C9H9NO/c1-3-8-6-10-5-4-9(8)7(2)11/h3-6,11H,1-2H2. The maximum atomic E-state index is 9.07. The molecule has 1 N–H and O–H groups in total. The van der Waals surface area contributed by atoms with Crippen LogP contribution >= 0.6 is 0 Å². The molecule has 0 aliphatic carbocycles. The van der Waals surface area contributed by atoms with E-state index in [-0.39, 0.29) is 5.76 Å². The number of hydrogen-bond donors (Lipinski definition) is 1. The largest absolute Gasteiger partial charge is 0.508 e. The molecule has 0 bridgehead atoms. The van der Waals surface area contributed by atoms with E-state index < -0.39 is 0 Å². The molecule has 1 aromatic rings. The number of aliphatic hydroxyl groups is 1. The van der Waals surface area contributed by atoms with Crippen LogP contribution in [0.4, 0.5) is 0 Å². The van der Waals surface area contributed by atoms with E-state index in [2.05, 4.69) is 18.1 Å². The minimum atomic E-state index is 0.0438. The van der Waals surface area contributed by atoms with Gasteiger partial charge in [0.15, 0.2) is 0 Å². The van der Waals surface area contributed by atoms with Crippen LogP contribution in [0.25, 0.3) is 11.8 Å². The number of aromatic nitrogens is 1. The quantitative estimate of drug-likeness (QED) is 0.651. The smallest absolute Gasteiger partial charge is 0.116 e. The van der Waals surface area contributed by atoms with Gasteiger partial charge in [-0.25, -0.2) is 0 Å². The van der Waals surface area contributed by atoms with Crippen LogP contribution in [0.1, 0.15) is 11.1 Å². The lowest BCUT2D eigenvalue weighted by molar-refractivity contribution is 0.513. The van der Waals surface area contributed by atoms with Crippen LogP contribution in [0.15, 0.2) is 31.6 Å². The van der Waals surface area contributed by atoms with Crippen molar-refractivity contribution in [2.24, 2.45) is 0 Å². The highest BCUT2D eigenvalue weighted by Crippen LogP contribution is 2.14. The molecule has 0 radical (unpaired) electrons. The Hall–Kier alpha value is -1.57. The molecule has 0 fully saturated rings. The van der Waals surface area contributed by atoms with Gasteiger partial charge in [-0.05, 0) is 6.07 Å². The lowest BCUT2D eigenvalue weighted by atomic mass is 10.1. The second kappa shape index (κ2) is 3.01. The first kappa shape index (κ1) is 7.54. The minimum absolute atomic E-state index is 0.0438. The fourth-order valence-corrected chi connectivity index (χ4v) is 0.832. The molecule has 56 valence electrons. The first-order valence-corrected chi connectivity index (χ1v) is 3.20. The molecule has 0 saturated carbocycles. The van der Waals surface area contributed by atoms with E-state index in [1.54, 1.807) is 24.5 Å². The fourth-order valence-electron chi connectivity index (χ4n) is 0.832. The normalized spacial score (nSPS) is 9.09. The maximum absolute atomic E-state index is 9.07. The van der Waals surface area contributed by atoms with Crippen molar-refractivity contribution in [3.05, 3.63) is 42.7 Å². The number of nitrogens with zero attached hydrogens (tertiary/aromatic N) is 1. The van der Waals surface area contributed by atoms with Crippen molar-refractivity contribution < 1.29 is 5.11 Å². The Morgan fingerprint density at radius 3 is 2.82 bits per heavy atom. The molecule has 0 aliphatic rings. The van der Waals surface area contributed by atoms with Crippen molar-refractivity contribution in [1.29, 1.82) is 0 Å². The maximum Gasteiger partial charge on any atom is 0.116 e. The SMILES string of the molecule is C=Cc1cnccc1C(=C)O. The van der Waals surface area contributed by atoms with Crippen LogP contribution in [-0.2, 0) is 0 Å². The molecule has 0 amide bonds. The molecule has 11 heavy (non-hydrogen) atoms. The molecule has 0 spiro atoms. The predicted octanol–water partition coefficient (Wildman–Crippen LogP) is 2.25. The monoisotopic (exact) mass is 147 g/mol. The van der Waals surface area contributed by atoms with Crippen LogP contribution < -0.4 is 0 Å². The van der Waals surface area contributed by atoms with Crippen molar-refractivity contribution >= 4 is 11.8 Å². The van der Waals surface area contributed by atoms with Crippen LogP contribution in [-0.4, -0.2) is 10.1 Å². The minimum Gasteiger partial charge on any atom is -0.508 e. The summed E-state index contributed by atoms with van der Waals surface area (Å²) >= 11 is 0. The molecule has 2 heteroatoms. The average Bonchev–Trinajstić information content (AvgIpc) is 2.04. The molecule has 0 atom stereocenters. The summed E-state index contributed by atoms with van der Waals surface area (Å²) < 4.78 is 0. The molecule has 1 heterocycles. The summed E-state index contributed by atoms with van der Waals surface area (Å²) in [5, 5.41) is 9.07. The van der Waals surface area contributed by atoms with Crippen molar-refractivity contribution in [2.75, 3.05) is 0 Å². The van der Waals surface area contributed by atoms with Crippen molar-refractivity contribution in [1.82, 2.24) is 4.98 Å². The van der Waals surface area contributed by atoms with Gasteiger partial charge in [-0.15, -0.1) is 0 Å². The van der Waals surface area contributed by atoms with Crippen molar-refractivity contribution in [3.8, 4) is 0 Å². The Morgan fingerprint density at radius 2 is 2.36 bits per heavy atom. The summed E-state index contributed by atoms with van der Waals surface area (Å²) in [6, 6.07) is 1.69. The molecular formula is C9H9NO. The van der Waals surface area contributed by atoms with Gasteiger partial charge < -0.3 is 5.11 Å². The number of aliphatic hydroxyl groups excluding tert-OH is 1. The topological polar surface area (TPSA) is 33.1 Å². The van der Waals surface area contributed by atoms with Gasteiger partial charge in [-0.3, -0.25) is 4.98 Å². The summed E-state index contributed by atoms with van der Waals surface area (Å²) in [6.45, 7) is 7.00. The second-order valence-electron chi connectivity index (χ2n) is 2.11.